The van der Waals surface area contributed by atoms with Gasteiger partial charge in [-0.25, -0.2) is 0 Å². The summed E-state index contributed by atoms with van der Waals surface area (Å²) >= 11 is 3.75. The van der Waals surface area contributed by atoms with Crippen LogP contribution in [0.2, 0.25) is 0 Å². The van der Waals surface area contributed by atoms with Gasteiger partial charge in [0.2, 0.25) is 0 Å². The maximum absolute atomic E-state index is 3.50. The minimum absolute atomic E-state index is 0.314. The van der Waals surface area contributed by atoms with Crippen LogP contribution in [0.25, 0.3) is 9.40 Å². The smallest absolute Gasteiger partial charge is 0.0669 e. The van der Waals surface area contributed by atoms with Crippen molar-refractivity contribution in [3.63, 3.8) is 0 Å². The topological polar surface area (TPSA) is 12.0 Å². The molecule has 0 amide bonds. The first-order chi connectivity index (χ1) is 10.3. The van der Waals surface area contributed by atoms with Gasteiger partial charge in [-0.15, -0.1) is 22.7 Å². The molecule has 1 saturated carbocycles. The van der Waals surface area contributed by atoms with Gasteiger partial charge in [0.05, 0.1) is 6.04 Å². The summed E-state index contributed by atoms with van der Waals surface area (Å²) in [6.45, 7) is 0. The van der Waals surface area contributed by atoms with Crippen LogP contribution in [0.3, 0.4) is 0 Å². The van der Waals surface area contributed by atoms with Gasteiger partial charge in [-0.1, -0.05) is 30.7 Å². The molecule has 1 nitrogen and oxygen atoms in total. The molecular formula is C18H19NS2. The Morgan fingerprint density at radius 3 is 2.76 bits per heavy atom. The lowest BCUT2D eigenvalue weighted by Gasteiger charge is -2.27. The lowest BCUT2D eigenvalue weighted by molar-refractivity contribution is 0.419. The monoisotopic (exact) mass is 313 g/mol. The van der Waals surface area contributed by atoms with E-state index in [4.69, 9.17) is 0 Å². The number of hydrogen-bond acceptors (Lipinski definition) is 3. The molecule has 3 heteroatoms. The molecule has 0 saturated heterocycles. The van der Waals surface area contributed by atoms with Crippen LogP contribution in [0.1, 0.15) is 47.2 Å². The molecule has 108 valence electrons. The Morgan fingerprint density at radius 2 is 2.05 bits per heavy atom. The van der Waals surface area contributed by atoms with E-state index in [1.54, 1.807) is 0 Å². The van der Waals surface area contributed by atoms with E-state index >= 15 is 0 Å². The van der Waals surface area contributed by atoms with Crippen LogP contribution in [-0.4, -0.2) is 7.05 Å². The van der Waals surface area contributed by atoms with E-state index in [1.165, 1.54) is 44.7 Å². The number of hydrogen-bond donors (Lipinski definition) is 1. The molecule has 4 rings (SSSR count). The highest BCUT2D eigenvalue weighted by atomic mass is 32.1. The van der Waals surface area contributed by atoms with Crippen molar-refractivity contribution in [3.8, 4) is 0 Å². The summed E-state index contributed by atoms with van der Waals surface area (Å²) in [5.74, 6) is 0.800. The lowest BCUT2D eigenvalue weighted by atomic mass is 9.79. The molecule has 0 spiro atoms. The van der Waals surface area contributed by atoms with Gasteiger partial charge in [-0.2, -0.15) is 0 Å². The van der Waals surface area contributed by atoms with Gasteiger partial charge in [0.15, 0.2) is 0 Å². The summed E-state index contributed by atoms with van der Waals surface area (Å²) in [7, 11) is 2.06. The molecule has 1 aromatic carbocycles. The average Bonchev–Trinajstić information content (AvgIpc) is 2.99. The van der Waals surface area contributed by atoms with E-state index in [2.05, 4.69) is 54.1 Å². The molecular weight excluding hydrogens is 294 g/mol. The van der Waals surface area contributed by atoms with Gasteiger partial charge in [0.1, 0.15) is 0 Å². The summed E-state index contributed by atoms with van der Waals surface area (Å²) in [4.78, 5) is 1.42. The van der Waals surface area contributed by atoms with Crippen LogP contribution < -0.4 is 5.32 Å². The van der Waals surface area contributed by atoms with Crippen molar-refractivity contribution in [1.82, 2.24) is 5.32 Å². The molecule has 0 radical (unpaired) electrons. The Hall–Kier alpha value is -1.16. The minimum Gasteiger partial charge on any atom is -0.309 e. The van der Waals surface area contributed by atoms with E-state index in [0.29, 0.717) is 6.04 Å². The van der Waals surface area contributed by atoms with Crippen molar-refractivity contribution in [2.45, 2.75) is 31.2 Å². The summed E-state index contributed by atoms with van der Waals surface area (Å²) in [6.07, 6.45) is 4.12. The molecule has 1 atom stereocenters. The molecule has 0 aliphatic heterocycles. The second-order valence-corrected chi connectivity index (χ2v) is 7.88. The SMILES string of the molecule is CNC(c1cccc(C2CCC2)c1)c1cc2sccc2s1. The minimum atomic E-state index is 0.314. The molecule has 2 aromatic heterocycles. The van der Waals surface area contributed by atoms with Gasteiger partial charge in [-0.3, -0.25) is 0 Å². The van der Waals surface area contributed by atoms with Crippen LogP contribution in [0.4, 0.5) is 0 Å². The highest BCUT2D eigenvalue weighted by molar-refractivity contribution is 7.27. The molecule has 1 aliphatic rings. The Labute approximate surface area is 133 Å². The van der Waals surface area contributed by atoms with E-state index in [1.807, 2.05) is 22.7 Å². The van der Waals surface area contributed by atoms with Crippen LogP contribution in [0.5, 0.6) is 0 Å². The summed E-state index contributed by atoms with van der Waals surface area (Å²) in [5.41, 5.74) is 2.92. The van der Waals surface area contributed by atoms with Gasteiger partial charge >= 0.3 is 0 Å². The second-order valence-electron chi connectivity index (χ2n) is 5.82. The third kappa shape index (κ3) is 2.44. The summed E-state index contributed by atoms with van der Waals surface area (Å²) in [6, 6.07) is 14.1. The van der Waals surface area contributed by atoms with E-state index < -0.39 is 0 Å². The van der Waals surface area contributed by atoms with Crippen molar-refractivity contribution >= 4 is 32.1 Å². The molecule has 1 aliphatic carbocycles. The number of benzene rings is 1. The van der Waals surface area contributed by atoms with Crippen LogP contribution in [-0.2, 0) is 0 Å². The van der Waals surface area contributed by atoms with E-state index in [9.17, 15) is 0 Å². The maximum Gasteiger partial charge on any atom is 0.0669 e. The number of thiophene rings is 2. The normalized spacial score (nSPS) is 17.0. The van der Waals surface area contributed by atoms with E-state index in [-0.39, 0.29) is 0 Å². The first kappa shape index (κ1) is 13.5. The molecule has 3 aromatic rings. The highest BCUT2D eigenvalue weighted by Crippen LogP contribution is 2.39. The standard InChI is InChI=1S/C18H19NS2/c1-19-18(17-11-16-15(21-17)8-9-20-16)14-7-3-6-13(10-14)12-4-2-5-12/h3,6-12,18-19H,2,4-5H2,1H3. The van der Waals surface area contributed by atoms with E-state index in [0.717, 1.165) is 5.92 Å². The molecule has 1 fully saturated rings. The highest BCUT2D eigenvalue weighted by Gasteiger charge is 2.21. The number of rotatable bonds is 4. The molecule has 2 heterocycles. The fourth-order valence-corrected chi connectivity index (χ4v) is 5.39. The Balaban J connectivity index is 1.70. The first-order valence-corrected chi connectivity index (χ1v) is 9.29. The summed E-state index contributed by atoms with van der Waals surface area (Å²) in [5, 5.41) is 5.68. The van der Waals surface area contributed by atoms with Gasteiger partial charge in [0, 0.05) is 14.3 Å². The predicted octanol–water partition coefficient (Wildman–Crippen LogP) is 5.54. The lowest BCUT2D eigenvalue weighted by Crippen LogP contribution is -2.17. The van der Waals surface area contributed by atoms with Crippen molar-refractivity contribution in [2.24, 2.45) is 0 Å². The van der Waals surface area contributed by atoms with Crippen LogP contribution in [0, 0.1) is 0 Å². The fourth-order valence-electron chi connectivity index (χ4n) is 3.13. The van der Waals surface area contributed by atoms with Gasteiger partial charge in [-0.05, 0) is 54.4 Å². The second kappa shape index (κ2) is 5.56. The Morgan fingerprint density at radius 1 is 1.14 bits per heavy atom. The van der Waals surface area contributed by atoms with Crippen molar-refractivity contribution in [2.75, 3.05) is 7.05 Å². The fraction of sp³-hybridized carbons (Fsp3) is 0.333. The first-order valence-electron chi connectivity index (χ1n) is 7.59. The quantitative estimate of drug-likeness (QED) is 0.667. The zero-order chi connectivity index (χ0) is 14.2. The van der Waals surface area contributed by atoms with Gasteiger partial charge < -0.3 is 5.32 Å². The maximum atomic E-state index is 3.50. The number of nitrogens with one attached hydrogen (secondary N) is 1. The Bertz CT molecular complexity index is 723. The van der Waals surface area contributed by atoms with Crippen molar-refractivity contribution < 1.29 is 0 Å². The average molecular weight is 313 g/mol. The van der Waals surface area contributed by atoms with Crippen LogP contribution >= 0.6 is 22.7 Å². The van der Waals surface area contributed by atoms with Crippen molar-refractivity contribution in [1.29, 1.82) is 0 Å². The number of fused-ring (bicyclic) bond motifs is 1. The zero-order valence-corrected chi connectivity index (χ0v) is 13.8. The third-order valence-corrected chi connectivity index (χ3v) is 6.71. The zero-order valence-electron chi connectivity index (χ0n) is 12.1. The molecule has 0 bridgehead atoms. The molecule has 21 heavy (non-hydrogen) atoms. The van der Waals surface area contributed by atoms with Crippen molar-refractivity contribution in [3.05, 3.63) is 57.8 Å². The van der Waals surface area contributed by atoms with Gasteiger partial charge in [0.25, 0.3) is 0 Å². The predicted molar refractivity (Wildman–Crippen MR) is 93.6 cm³/mol. The van der Waals surface area contributed by atoms with Crippen LogP contribution in [0.15, 0.2) is 41.8 Å². The Kier molecular flexibility index (Phi) is 3.57. The third-order valence-electron chi connectivity index (χ3n) is 4.55. The molecule has 1 N–H and O–H groups in total. The summed E-state index contributed by atoms with van der Waals surface area (Å²) < 4.78 is 2.82. The molecule has 1 unspecified atom stereocenters. The largest absolute Gasteiger partial charge is 0.309 e.